The number of rotatable bonds is 3. The summed E-state index contributed by atoms with van der Waals surface area (Å²) in [4.78, 5) is 0. The fourth-order valence-corrected chi connectivity index (χ4v) is 1.76. The number of nitrogens with zero attached hydrogens (tertiary/aromatic N) is 4. The Morgan fingerprint density at radius 2 is 2.06 bits per heavy atom. The Kier molecular flexibility index (Phi) is 2.64. The standard InChI is InChI=1S/C13H12N4O/c1-10-7-12(13-15-14-9-17(13)16-10)18-8-11-5-3-2-4-6-11/h2-7,9H,8H2,1H3. The van der Waals surface area contributed by atoms with Crippen molar-refractivity contribution in [3.63, 3.8) is 0 Å². The highest BCUT2D eigenvalue weighted by Gasteiger charge is 2.07. The largest absolute Gasteiger partial charge is 0.485 e. The fraction of sp³-hybridized carbons (Fsp3) is 0.154. The second-order valence-corrected chi connectivity index (χ2v) is 4.02. The average molecular weight is 240 g/mol. The van der Waals surface area contributed by atoms with Gasteiger partial charge in [0.1, 0.15) is 12.9 Å². The van der Waals surface area contributed by atoms with Gasteiger partial charge in [0.05, 0.1) is 5.69 Å². The van der Waals surface area contributed by atoms with Gasteiger partial charge in [0.15, 0.2) is 5.75 Å². The van der Waals surface area contributed by atoms with Gasteiger partial charge in [0.25, 0.3) is 0 Å². The molecule has 0 saturated carbocycles. The SMILES string of the molecule is Cc1cc(OCc2ccccc2)c2nncn2n1. The first-order chi connectivity index (χ1) is 8.83. The third-order valence-corrected chi connectivity index (χ3v) is 2.59. The van der Waals surface area contributed by atoms with Crippen molar-refractivity contribution in [1.29, 1.82) is 0 Å². The summed E-state index contributed by atoms with van der Waals surface area (Å²) in [7, 11) is 0. The van der Waals surface area contributed by atoms with Crippen LogP contribution in [0.3, 0.4) is 0 Å². The minimum Gasteiger partial charge on any atom is -0.485 e. The zero-order valence-corrected chi connectivity index (χ0v) is 9.95. The van der Waals surface area contributed by atoms with Crippen LogP contribution in [0.4, 0.5) is 0 Å². The number of aryl methyl sites for hydroxylation is 1. The minimum atomic E-state index is 0.507. The van der Waals surface area contributed by atoms with Crippen LogP contribution in [0.25, 0.3) is 5.65 Å². The van der Waals surface area contributed by atoms with E-state index in [1.807, 2.05) is 43.3 Å². The third kappa shape index (κ3) is 2.02. The summed E-state index contributed by atoms with van der Waals surface area (Å²) >= 11 is 0. The second-order valence-electron chi connectivity index (χ2n) is 4.02. The molecule has 2 aromatic heterocycles. The van der Waals surface area contributed by atoms with Crippen LogP contribution in [0.15, 0.2) is 42.7 Å². The van der Waals surface area contributed by atoms with E-state index in [4.69, 9.17) is 4.74 Å². The molecule has 0 fully saturated rings. The van der Waals surface area contributed by atoms with Crippen LogP contribution in [-0.2, 0) is 6.61 Å². The van der Waals surface area contributed by atoms with Gasteiger partial charge in [-0.1, -0.05) is 30.3 Å². The Morgan fingerprint density at radius 1 is 1.22 bits per heavy atom. The van der Waals surface area contributed by atoms with E-state index in [1.165, 1.54) is 0 Å². The maximum atomic E-state index is 5.78. The van der Waals surface area contributed by atoms with Crippen LogP contribution in [-0.4, -0.2) is 19.8 Å². The maximum absolute atomic E-state index is 5.78. The summed E-state index contributed by atoms with van der Waals surface area (Å²) in [5.74, 6) is 0.698. The van der Waals surface area contributed by atoms with Gasteiger partial charge < -0.3 is 4.74 Å². The van der Waals surface area contributed by atoms with Crippen molar-refractivity contribution in [3.8, 4) is 5.75 Å². The molecule has 5 nitrogen and oxygen atoms in total. The first kappa shape index (κ1) is 10.7. The summed E-state index contributed by atoms with van der Waals surface area (Å²) in [5.41, 5.74) is 2.62. The summed E-state index contributed by atoms with van der Waals surface area (Å²) in [6.45, 7) is 2.42. The molecule has 0 unspecified atom stereocenters. The van der Waals surface area contributed by atoms with Crippen molar-refractivity contribution in [3.05, 3.63) is 54.0 Å². The lowest BCUT2D eigenvalue weighted by Crippen LogP contribution is -2.00. The van der Waals surface area contributed by atoms with Crippen LogP contribution in [0, 0.1) is 6.92 Å². The van der Waals surface area contributed by atoms with Gasteiger partial charge in [-0.15, -0.1) is 10.2 Å². The highest BCUT2D eigenvalue weighted by atomic mass is 16.5. The monoisotopic (exact) mass is 240 g/mol. The summed E-state index contributed by atoms with van der Waals surface area (Å²) in [6, 6.07) is 11.9. The molecule has 18 heavy (non-hydrogen) atoms. The van der Waals surface area contributed by atoms with Crippen LogP contribution in [0.5, 0.6) is 5.75 Å². The molecule has 0 N–H and O–H groups in total. The predicted octanol–water partition coefficient (Wildman–Crippen LogP) is 2.01. The molecular weight excluding hydrogens is 228 g/mol. The van der Waals surface area contributed by atoms with Crippen molar-refractivity contribution in [1.82, 2.24) is 19.8 Å². The predicted molar refractivity (Wildman–Crippen MR) is 66.3 cm³/mol. The van der Waals surface area contributed by atoms with Gasteiger partial charge in [-0.25, -0.2) is 0 Å². The molecular formula is C13H12N4O. The lowest BCUT2D eigenvalue weighted by Gasteiger charge is -2.07. The van der Waals surface area contributed by atoms with Crippen molar-refractivity contribution in [2.24, 2.45) is 0 Å². The second kappa shape index (κ2) is 4.44. The topological polar surface area (TPSA) is 52.3 Å². The number of benzene rings is 1. The molecule has 0 bridgehead atoms. The highest BCUT2D eigenvalue weighted by Crippen LogP contribution is 2.18. The van der Waals surface area contributed by atoms with Gasteiger partial charge in [-0.3, -0.25) is 0 Å². The lowest BCUT2D eigenvalue weighted by molar-refractivity contribution is 0.307. The molecule has 0 spiro atoms. The first-order valence-electron chi connectivity index (χ1n) is 5.67. The van der Waals surface area contributed by atoms with E-state index in [0.29, 0.717) is 18.0 Å². The van der Waals surface area contributed by atoms with Gasteiger partial charge in [-0.05, 0) is 12.5 Å². The number of hydrogen-bond acceptors (Lipinski definition) is 4. The Balaban J connectivity index is 1.88. The van der Waals surface area contributed by atoms with Gasteiger partial charge in [-0.2, -0.15) is 9.61 Å². The Labute approximate surface area is 104 Å². The van der Waals surface area contributed by atoms with Gasteiger partial charge in [0, 0.05) is 6.07 Å². The first-order valence-corrected chi connectivity index (χ1v) is 5.67. The Bertz CT molecular complexity index is 663. The van der Waals surface area contributed by atoms with E-state index >= 15 is 0 Å². The summed E-state index contributed by atoms with van der Waals surface area (Å²) in [6.07, 6.45) is 1.57. The smallest absolute Gasteiger partial charge is 0.219 e. The van der Waals surface area contributed by atoms with E-state index in [2.05, 4.69) is 15.3 Å². The maximum Gasteiger partial charge on any atom is 0.219 e. The summed E-state index contributed by atoms with van der Waals surface area (Å²) < 4.78 is 7.40. The number of hydrogen-bond donors (Lipinski definition) is 0. The zero-order chi connectivity index (χ0) is 12.4. The molecule has 3 aromatic rings. The normalized spacial score (nSPS) is 10.7. The molecule has 90 valence electrons. The molecule has 0 saturated heterocycles. The van der Waals surface area contributed by atoms with Crippen LogP contribution in [0.1, 0.15) is 11.3 Å². The van der Waals surface area contributed by atoms with Gasteiger partial charge in [0.2, 0.25) is 5.65 Å². The Hall–Kier alpha value is -2.43. The highest BCUT2D eigenvalue weighted by molar-refractivity contribution is 5.51. The molecule has 3 rings (SSSR count). The van der Waals surface area contributed by atoms with E-state index in [0.717, 1.165) is 11.3 Å². The van der Waals surface area contributed by atoms with Crippen LogP contribution < -0.4 is 4.74 Å². The van der Waals surface area contributed by atoms with E-state index < -0.39 is 0 Å². The molecule has 5 heteroatoms. The molecule has 0 aliphatic rings. The molecule has 1 aromatic carbocycles. The average Bonchev–Trinajstić information content (AvgIpc) is 2.85. The van der Waals surface area contributed by atoms with E-state index in [-0.39, 0.29) is 0 Å². The molecule has 0 radical (unpaired) electrons. The van der Waals surface area contributed by atoms with Crippen molar-refractivity contribution in [2.45, 2.75) is 13.5 Å². The molecule has 2 heterocycles. The number of ether oxygens (including phenoxy) is 1. The minimum absolute atomic E-state index is 0.507. The van der Waals surface area contributed by atoms with Crippen LogP contribution in [0.2, 0.25) is 0 Å². The number of aromatic nitrogens is 4. The molecule has 0 amide bonds. The molecule has 0 atom stereocenters. The van der Waals surface area contributed by atoms with Crippen molar-refractivity contribution < 1.29 is 4.74 Å². The Morgan fingerprint density at radius 3 is 2.89 bits per heavy atom. The molecule has 0 aliphatic heterocycles. The van der Waals surface area contributed by atoms with Crippen LogP contribution >= 0.6 is 0 Å². The summed E-state index contributed by atoms with van der Waals surface area (Å²) in [5, 5.41) is 12.1. The van der Waals surface area contributed by atoms with E-state index in [1.54, 1.807) is 10.8 Å². The zero-order valence-electron chi connectivity index (χ0n) is 9.95. The van der Waals surface area contributed by atoms with Crippen molar-refractivity contribution in [2.75, 3.05) is 0 Å². The lowest BCUT2D eigenvalue weighted by atomic mass is 10.2. The number of fused-ring (bicyclic) bond motifs is 1. The van der Waals surface area contributed by atoms with Gasteiger partial charge >= 0.3 is 0 Å². The fourth-order valence-electron chi connectivity index (χ4n) is 1.76. The van der Waals surface area contributed by atoms with E-state index in [9.17, 15) is 0 Å². The third-order valence-electron chi connectivity index (χ3n) is 2.59. The molecule has 0 aliphatic carbocycles. The van der Waals surface area contributed by atoms with Crippen molar-refractivity contribution >= 4 is 5.65 Å². The quantitative estimate of drug-likeness (QED) is 0.702.